The SMILES string of the molecule is NC(=O)CC(NC(=O)C(CCCN=C(N)N)NC(=O)C(Cc1ccc(O)cc1)NC(=O)C(N)CCC(=O)O)C(=O)O. The number of hydrogen-bond acceptors (Lipinski definition) is 9. The molecule has 14 N–H and O–H groups in total. The number of amides is 4. The maximum absolute atomic E-state index is 13.3. The van der Waals surface area contributed by atoms with Gasteiger partial charge in [0.2, 0.25) is 23.6 Å². The zero-order valence-corrected chi connectivity index (χ0v) is 22.1. The van der Waals surface area contributed by atoms with E-state index < -0.39 is 72.6 Å². The number of nitrogens with zero attached hydrogens (tertiary/aromatic N) is 1. The van der Waals surface area contributed by atoms with Gasteiger partial charge >= 0.3 is 11.9 Å². The molecule has 1 aromatic rings. The summed E-state index contributed by atoms with van der Waals surface area (Å²) in [5.74, 6) is -6.58. The molecule has 0 saturated carbocycles. The number of aromatic hydroxyl groups is 1. The van der Waals surface area contributed by atoms with Crippen LogP contribution in [0.3, 0.4) is 0 Å². The molecule has 0 saturated heterocycles. The maximum Gasteiger partial charge on any atom is 0.326 e. The Morgan fingerprint density at radius 3 is 1.90 bits per heavy atom. The number of rotatable bonds is 18. The van der Waals surface area contributed by atoms with Gasteiger partial charge in [0.25, 0.3) is 0 Å². The smallest absolute Gasteiger partial charge is 0.326 e. The lowest BCUT2D eigenvalue weighted by atomic mass is 10.0. The summed E-state index contributed by atoms with van der Waals surface area (Å²) in [5, 5.41) is 34.8. The van der Waals surface area contributed by atoms with Gasteiger partial charge in [0.15, 0.2) is 5.96 Å². The quantitative estimate of drug-likeness (QED) is 0.0461. The number of nitrogens with two attached hydrogens (primary N) is 4. The zero-order chi connectivity index (χ0) is 31.1. The van der Waals surface area contributed by atoms with E-state index in [1.54, 1.807) is 0 Å². The van der Waals surface area contributed by atoms with Crippen LogP contribution in [-0.4, -0.2) is 87.6 Å². The number of carbonyl (C=O) groups is 6. The first kappa shape index (κ1) is 34.1. The van der Waals surface area contributed by atoms with Gasteiger partial charge in [0, 0.05) is 19.4 Å². The van der Waals surface area contributed by atoms with Crippen LogP contribution in [0.2, 0.25) is 0 Å². The van der Waals surface area contributed by atoms with Gasteiger partial charge in [-0.15, -0.1) is 0 Å². The molecule has 0 spiro atoms. The third-order valence-electron chi connectivity index (χ3n) is 5.61. The van der Waals surface area contributed by atoms with Crippen LogP contribution < -0.4 is 38.9 Å². The number of carboxylic acid groups (broad SMARTS) is 2. The highest BCUT2D eigenvalue weighted by Gasteiger charge is 2.31. The molecule has 1 aromatic carbocycles. The van der Waals surface area contributed by atoms with E-state index in [4.69, 9.17) is 28.0 Å². The van der Waals surface area contributed by atoms with E-state index in [0.29, 0.717) is 5.56 Å². The van der Waals surface area contributed by atoms with Crippen molar-refractivity contribution in [3.8, 4) is 5.75 Å². The average molecular weight is 581 g/mol. The number of phenolic OH excluding ortho intramolecular Hbond substituents is 1. The fraction of sp³-hybridized carbons (Fsp3) is 0.458. The Bertz CT molecular complexity index is 1120. The van der Waals surface area contributed by atoms with Crippen molar-refractivity contribution in [1.29, 1.82) is 0 Å². The van der Waals surface area contributed by atoms with Crippen LogP contribution in [0, 0.1) is 0 Å². The van der Waals surface area contributed by atoms with Crippen molar-refractivity contribution in [3.63, 3.8) is 0 Å². The van der Waals surface area contributed by atoms with E-state index in [0.717, 1.165) is 0 Å². The Hall–Kier alpha value is -4.93. The molecule has 0 fully saturated rings. The molecule has 0 heterocycles. The Kier molecular flexibility index (Phi) is 14.1. The van der Waals surface area contributed by atoms with E-state index >= 15 is 0 Å². The van der Waals surface area contributed by atoms with Crippen molar-refractivity contribution >= 4 is 41.5 Å². The molecule has 4 amide bonds. The topological polar surface area (TPSA) is 316 Å². The van der Waals surface area contributed by atoms with E-state index in [1.165, 1.54) is 24.3 Å². The molecule has 0 aliphatic carbocycles. The van der Waals surface area contributed by atoms with Crippen LogP contribution in [0.25, 0.3) is 0 Å². The molecule has 226 valence electrons. The lowest BCUT2D eigenvalue weighted by Gasteiger charge is -2.25. The largest absolute Gasteiger partial charge is 0.508 e. The molecule has 0 aliphatic rings. The number of aliphatic carboxylic acids is 2. The molecule has 17 heteroatoms. The van der Waals surface area contributed by atoms with E-state index in [2.05, 4.69) is 20.9 Å². The Balaban J connectivity index is 3.20. The summed E-state index contributed by atoms with van der Waals surface area (Å²) in [6.07, 6.45) is -1.33. The second-order valence-corrected chi connectivity index (χ2v) is 9.05. The highest BCUT2D eigenvalue weighted by atomic mass is 16.4. The van der Waals surface area contributed by atoms with Crippen LogP contribution in [-0.2, 0) is 35.2 Å². The van der Waals surface area contributed by atoms with Crippen molar-refractivity contribution in [2.75, 3.05) is 6.54 Å². The lowest BCUT2D eigenvalue weighted by molar-refractivity contribution is -0.144. The number of phenols is 1. The van der Waals surface area contributed by atoms with Crippen molar-refractivity contribution in [3.05, 3.63) is 29.8 Å². The third-order valence-corrected chi connectivity index (χ3v) is 5.61. The summed E-state index contributed by atoms with van der Waals surface area (Å²) in [5.41, 5.74) is 21.9. The molecule has 4 atom stereocenters. The van der Waals surface area contributed by atoms with Gasteiger partial charge in [0.1, 0.15) is 23.9 Å². The molecule has 0 aromatic heterocycles. The average Bonchev–Trinajstić information content (AvgIpc) is 2.88. The van der Waals surface area contributed by atoms with Crippen LogP contribution in [0.15, 0.2) is 29.3 Å². The monoisotopic (exact) mass is 580 g/mol. The first-order chi connectivity index (χ1) is 19.2. The third kappa shape index (κ3) is 13.6. The van der Waals surface area contributed by atoms with Crippen molar-refractivity contribution < 1.29 is 44.1 Å². The fourth-order valence-corrected chi connectivity index (χ4v) is 3.48. The number of primary amides is 1. The van der Waals surface area contributed by atoms with Gasteiger partial charge in [0.05, 0.1) is 12.5 Å². The second kappa shape index (κ2) is 16.9. The molecule has 17 nitrogen and oxygen atoms in total. The van der Waals surface area contributed by atoms with Crippen LogP contribution in [0.4, 0.5) is 0 Å². The summed E-state index contributed by atoms with van der Waals surface area (Å²) in [6.45, 7) is 0.0672. The fourth-order valence-electron chi connectivity index (χ4n) is 3.48. The first-order valence-electron chi connectivity index (χ1n) is 12.4. The minimum absolute atomic E-state index is 0.0454. The zero-order valence-electron chi connectivity index (χ0n) is 22.1. The van der Waals surface area contributed by atoms with Crippen molar-refractivity contribution in [2.45, 2.75) is 62.7 Å². The van der Waals surface area contributed by atoms with Crippen LogP contribution in [0.1, 0.15) is 37.7 Å². The van der Waals surface area contributed by atoms with Crippen LogP contribution >= 0.6 is 0 Å². The molecule has 1 rings (SSSR count). The predicted molar refractivity (Wildman–Crippen MR) is 144 cm³/mol. The number of carboxylic acids is 2. The van der Waals surface area contributed by atoms with E-state index in [1.807, 2.05) is 0 Å². The molecule has 41 heavy (non-hydrogen) atoms. The van der Waals surface area contributed by atoms with Gasteiger partial charge in [-0.2, -0.15) is 0 Å². The van der Waals surface area contributed by atoms with E-state index in [-0.39, 0.29) is 43.9 Å². The van der Waals surface area contributed by atoms with Gasteiger partial charge in [-0.25, -0.2) is 4.79 Å². The number of benzene rings is 1. The number of nitrogens with one attached hydrogen (secondary N) is 3. The Labute approximate surface area is 234 Å². The maximum atomic E-state index is 13.3. The molecular weight excluding hydrogens is 544 g/mol. The first-order valence-corrected chi connectivity index (χ1v) is 12.4. The van der Waals surface area contributed by atoms with Gasteiger partial charge < -0.3 is 54.2 Å². The number of aliphatic imine (C=N–C) groups is 1. The number of carbonyl (C=O) groups excluding carboxylic acids is 4. The number of hydrogen-bond donors (Lipinski definition) is 10. The van der Waals surface area contributed by atoms with Crippen LogP contribution in [0.5, 0.6) is 5.75 Å². The van der Waals surface area contributed by atoms with Crippen molar-refractivity contribution in [2.24, 2.45) is 27.9 Å². The Morgan fingerprint density at radius 2 is 1.37 bits per heavy atom. The summed E-state index contributed by atoms with van der Waals surface area (Å²) in [4.78, 5) is 76.4. The number of guanidine groups is 1. The minimum Gasteiger partial charge on any atom is -0.508 e. The molecule has 0 bridgehead atoms. The highest BCUT2D eigenvalue weighted by Crippen LogP contribution is 2.12. The van der Waals surface area contributed by atoms with Gasteiger partial charge in [-0.05, 0) is 37.0 Å². The lowest BCUT2D eigenvalue weighted by Crippen LogP contribution is -2.57. The summed E-state index contributed by atoms with van der Waals surface area (Å²) in [7, 11) is 0. The standard InChI is InChI=1S/C24H36N8O9/c25-14(7-8-19(35)36)20(37)31-16(10-12-3-5-13(33)6-4-12)22(39)30-15(2-1-9-29-24(27)28)21(38)32-17(23(40)41)11-18(26)34/h3-6,14-17,33H,1-2,7-11,25H2,(H2,26,34)(H,30,39)(H,31,37)(H,32,38)(H,35,36)(H,40,41)(H4,27,28,29). The molecule has 0 aliphatic heterocycles. The van der Waals surface area contributed by atoms with E-state index in [9.17, 15) is 39.0 Å². The molecule has 0 radical (unpaired) electrons. The summed E-state index contributed by atoms with van der Waals surface area (Å²) in [6, 6.07) is 0.0924. The second-order valence-electron chi connectivity index (χ2n) is 9.05. The predicted octanol–water partition coefficient (Wildman–Crippen LogP) is -3.41. The molecule has 4 unspecified atom stereocenters. The summed E-state index contributed by atoms with van der Waals surface area (Å²) < 4.78 is 0. The summed E-state index contributed by atoms with van der Waals surface area (Å²) >= 11 is 0. The Morgan fingerprint density at radius 1 is 0.805 bits per heavy atom. The molecular formula is C24H36N8O9. The normalized spacial score (nSPS) is 13.5. The highest BCUT2D eigenvalue weighted by molar-refractivity contribution is 5.95. The van der Waals surface area contributed by atoms with Gasteiger partial charge in [-0.1, -0.05) is 12.1 Å². The minimum atomic E-state index is -1.67. The van der Waals surface area contributed by atoms with Crippen molar-refractivity contribution in [1.82, 2.24) is 16.0 Å². The van der Waals surface area contributed by atoms with Gasteiger partial charge in [-0.3, -0.25) is 29.0 Å².